The number of benzene rings is 2. The molecule has 0 aliphatic carbocycles. The van der Waals surface area contributed by atoms with E-state index in [1.807, 2.05) is 54.9 Å². The molecule has 0 spiro atoms. The predicted molar refractivity (Wildman–Crippen MR) is 144 cm³/mol. The number of hydrogen-bond acceptors (Lipinski definition) is 6. The van der Waals surface area contributed by atoms with E-state index in [9.17, 15) is 4.79 Å². The average molecular weight is 493 g/mol. The van der Waals surface area contributed by atoms with E-state index in [2.05, 4.69) is 54.9 Å². The van der Waals surface area contributed by atoms with Crippen LogP contribution >= 0.6 is 0 Å². The summed E-state index contributed by atoms with van der Waals surface area (Å²) in [5.41, 5.74) is 4.16. The Bertz CT molecular complexity index is 1230. The second kappa shape index (κ2) is 11.6. The van der Waals surface area contributed by atoms with Crippen LogP contribution in [0.1, 0.15) is 29.5 Å². The lowest BCUT2D eigenvalue weighted by atomic mass is 10.0. The second-order valence-corrected chi connectivity index (χ2v) is 9.67. The number of anilines is 1. The monoisotopic (exact) mass is 492 g/mol. The Balaban J connectivity index is 1.20. The molecule has 0 bridgehead atoms. The molecule has 2 aliphatic heterocycles. The Labute approximate surface area is 218 Å². The lowest BCUT2D eigenvalue weighted by molar-refractivity contribution is -0.135. The van der Waals surface area contributed by atoms with Gasteiger partial charge in [-0.2, -0.15) is 5.26 Å². The van der Waals surface area contributed by atoms with Gasteiger partial charge in [0.25, 0.3) is 0 Å². The molecular formula is C30H32N6O. The number of amides is 1. The number of hydrogen-bond donors (Lipinski definition) is 0. The van der Waals surface area contributed by atoms with Gasteiger partial charge in [-0.1, -0.05) is 30.3 Å². The molecule has 3 aromatic rings. The summed E-state index contributed by atoms with van der Waals surface area (Å²) in [5, 5.41) is 9.01. The van der Waals surface area contributed by atoms with Crippen molar-refractivity contribution < 1.29 is 4.79 Å². The number of carbonyl (C=O) groups is 1. The standard InChI is InChI=1S/C30H32N6O/c31-20-25-6-8-26(9-7-25)21-33-18-19-34(24-33)23-30(37)36(22-27-10-14-32-15-11-27)29-12-16-35(17-13-29)28-4-2-1-3-5-28/h1-11,14-15,18-19,29H,12-13,16-17,21-24H2. The molecule has 0 atom stereocenters. The zero-order valence-corrected chi connectivity index (χ0v) is 21.0. The molecule has 1 saturated heterocycles. The highest BCUT2D eigenvalue weighted by atomic mass is 16.2. The van der Waals surface area contributed by atoms with E-state index < -0.39 is 0 Å². The first-order valence-electron chi connectivity index (χ1n) is 12.8. The Morgan fingerprint density at radius 2 is 1.62 bits per heavy atom. The number of pyridine rings is 1. The quantitative estimate of drug-likeness (QED) is 0.470. The van der Waals surface area contributed by atoms with E-state index in [0.717, 1.165) is 43.6 Å². The fourth-order valence-corrected chi connectivity index (χ4v) is 5.09. The Hall–Kier alpha value is -4.31. The Morgan fingerprint density at radius 3 is 2.32 bits per heavy atom. The molecule has 2 aromatic carbocycles. The molecule has 37 heavy (non-hydrogen) atoms. The third kappa shape index (κ3) is 6.28. The molecular weight excluding hydrogens is 460 g/mol. The van der Waals surface area contributed by atoms with Crippen molar-refractivity contribution in [1.82, 2.24) is 19.7 Å². The topological polar surface area (TPSA) is 66.7 Å². The molecule has 2 aliphatic rings. The van der Waals surface area contributed by atoms with Gasteiger partial charge < -0.3 is 19.6 Å². The molecule has 1 aromatic heterocycles. The van der Waals surface area contributed by atoms with Crippen LogP contribution in [0.4, 0.5) is 5.69 Å². The van der Waals surface area contributed by atoms with Gasteiger partial charge >= 0.3 is 0 Å². The molecule has 3 heterocycles. The maximum atomic E-state index is 13.7. The minimum Gasteiger partial charge on any atom is -0.371 e. The predicted octanol–water partition coefficient (Wildman–Crippen LogP) is 4.20. The molecule has 1 fully saturated rings. The largest absolute Gasteiger partial charge is 0.371 e. The maximum Gasteiger partial charge on any atom is 0.242 e. The third-order valence-electron chi connectivity index (χ3n) is 7.11. The van der Waals surface area contributed by atoms with Crippen molar-refractivity contribution in [3.8, 4) is 6.07 Å². The maximum absolute atomic E-state index is 13.7. The summed E-state index contributed by atoms with van der Waals surface area (Å²) in [6, 6.07) is 24.5. The van der Waals surface area contributed by atoms with Crippen LogP contribution in [-0.2, 0) is 17.9 Å². The van der Waals surface area contributed by atoms with Crippen molar-refractivity contribution in [2.45, 2.75) is 32.0 Å². The minimum absolute atomic E-state index is 0.153. The molecule has 0 saturated carbocycles. The van der Waals surface area contributed by atoms with E-state index in [1.54, 1.807) is 12.4 Å². The summed E-state index contributed by atoms with van der Waals surface area (Å²) in [6.07, 6.45) is 9.53. The van der Waals surface area contributed by atoms with Gasteiger partial charge in [-0.15, -0.1) is 0 Å². The SMILES string of the molecule is N#Cc1ccc(CN2C=CN(CC(=O)N(Cc3ccncc3)C3CCN(c4ccccc4)CC3)C2)cc1. The molecule has 0 unspecified atom stereocenters. The van der Waals surface area contributed by atoms with Crippen molar-refractivity contribution >= 4 is 11.6 Å². The lowest BCUT2D eigenvalue weighted by Gasteiger charge is -2.40. The van der Waals surface area contributed by atoms with Crippen LogP contribution < -0.4 is 4.90 Å². The van der Waals surface area contributed by atoms with E-state index in [4.69, 9.17) is 5.26 Å². The van der Waals surface area contributed by atoms with Gasteiger partial charge in [0.1, 0.15) is 0 Å². The van der Waals surface area contributed by atoms with Gasteiger partial charge in [0.15, 0.2) is 0 Å². The zero-order valence-electron chi connectivity index (χ0n) is 21.0. The molecule has 1 amide bonds. The lowest BCUT2D eigenvalue weighted by Crippen LogP contribution is -2.49. The number of nitriles is 1. The number of para-hydroxylation sites is 1. The number of aromatic nitrogens is 1. The van der Waals surface area contributed by atoms with Crippen LogP contribution in [0.3, 0.4) is 0 Å². The summed E-state index contributed by atoms with van der Waals surface area (Å²) >= 11 is 0. The summed E-state index contributed by atoms with van der Waals surface area (Å²) in [4.78, 5) is 26.5. The fraction of sp³-hybridized carbons (Fsp3) is 0.300. The number of carbonyl (C=O) groups excluding carboxylic acids is 1. The molecule has 7 heteroatoms. The van der Waals surface area contributed by atoms with Crippen LogP contribution in [-0.4, -0.2) is 57.9 Å². The first kappa shape index (κ1) is 24.4. The first-order valence-corrected chi connectivity index (χ1v) is 12.8. The van der Waals surface area contributed by atoms with Gasteiger partial charge in [-0.3, -0.25) is 9.78 Å². The van der Waals surface area contributed by atoms with Gasteiger partial charge in [-0.25, -0.2) is 0 Å². The number of nitrogens with zero attached hydrogens (tertiary/aromatic N) is 6. The van der Waals surface area contributed by atoms with Crippen LogP contribution in [0.15, 0.2) is 91.5 Å². The average Bonchev–Trinajstić information content (AvgIpc) is 3.39. The zero-order chi connectivity index (χ0) is 25.5. The Morgan fingerprint density at radius 1 is 0.919 bits per heavy atom. The van der Waals surface area contributed by atoms with Crippen LogP contribution in [0.2, 0.25) is 0 Å². The van der Waals surface area contributed by atoms with Crippen LogP contribution in [0.5, 0.6) is 0 Å². The van der Waals surface area contributed by atoms with E-state index in [-0.39, 0.29) is 11.9 Å². The summed E-state index contributed by atoms with van der Waals surface area (Å²) in [6.45, 7) is 4.24. The van der Waals surface area contributed by atoms with Gasteiger partial charge in [0, 0.05) is 62.7 Å². The van der Waals surface area contributed by atoms with Crippen LogP contribution in [0.25, 0.3) is 0 Å². The minimum atomic E-state index is 0.153. The Kier molecular flexibility index (Phi) is 7.66. The molecule has 7 nitrogen and oxygen atoms in total. The normalized spacial score (nSPS) is 15.6. The van der Waals surface area contributed by atoms with Crippen LogP contribution in [0, 0.1) is 11.3 Å². The van der Waals surface area contributed by atoms with Gasteiger partial charge in [0.2, 0.25) is 5.91 Å². The molecule has 0 N–H and O–H groups in total. The van der Waals surface area contributed by atoms with Crippen molar-refractivity contribution in [3.05, 3.63) is 108 Å². The third-order valence-corrected chi connectivity index (χ3v) is 7.11. The van der Waals surface area contributed by atoms with Crippen molar-refractivity contribution in [2.75, 3.05) is 31.2 Å². The summed E-state index contributed by atoms with van der Waals surface area (Å²) in [5.74, 6) is 0.153. The highest BCUT2D eigenvalue weighted by molar-refractivity contribution is 5.79. The number of piperidine rings is 1. The van der Waals surface area contributed by atoms with Crippen molar-refractivity contribution in [3.63, 3.8) is 0 Å². The highest BCUT2D eigenvalue weighted by Crippen LogP contribution is 2.24. The molecule has 188 valence electrons. The van der Waals surface area contributed by atoms with Crippen molar-refractivity contribution in [1.29, 1.82) is 5.26 Å². The van der Waals surface area contributed by atoms with Gasteiger partial charge in [-0.05, 0) is 60.4 Å². The summed E-state index contributed by atoms with van der Waals surface area (Å²) < 4.78 is 0. The molecule has 5 rings (SSSR count). The fourth-order valence-electron chi connectivity index (χ4n) is 5.09. The van der Waals surface area contributed by atoms with E-state index in [0.29, 0.717) is 25.3 Å². The summed E-state index contributed by atoms with van der Waals surface area (Å²) in [7, 11) is 0. The van der Waals surface area contributed by atoms with E-state index >= 15 is 0 Å². The highest BCUT2D eigenvalue weighted by Gasteiger charge is 2.29. The number of rotatable bonds is 8. The van der Waals surface area contributed by atoms with Crippen molar-refractivity contribution in [2.24, 2.45) is 0 Å². The second-order valence-electron chi connectivity index (χ2n) is 9.67. The first-order chi connectivity index (χ1) is 18.2. The van der Waals surface area contributed by atoms with E-state index in [1.165, 1.54) is 5.69 Å². The van der Waals surface area contributed by atoms with Gasteiger partial charge in [0.05, 0.1) is 24.8 Å². The smallest absolute Gasteiger partial charge is 0.242 e. The molecule has 0 radical (unpaired) electrons.